The highest BCUT2D eigenvalue weighted by Crippen LogP contribution is 2.30. The third-order valence-corrected chi connectivity index (χ3v) is 3.02. The van der Waals surface area contributed by atoms with Gasteiger partial charge < -0.3 is 14.0 Å². The van der Waals surface area contributed by atoms with Gasteiger partial charge in [0.1, 0.15) is 11.5 Å². The second-order valence-corrected chi connectivity index (χ2v) is 4.39. The smallest absolute Gasteiger partial charge is 0.258 e. The van der Waals surface area contributed by atoms with Crippen LogP contribution < -0.4 is 0 Å². The third-order valence-electron chi connectivity index (χ3n) is 2.72. The number of nitrogens with zero attached hydrogens (tertiary/aromatic N) is 2. The van der Waals surface area contributed by atoms with Gasteiger partial charge in [-0.05, 0) is 31.2 Å². The Morgan fingerprint density at radius 2 is 2.11 bits per heavy atom. The molecule has 5 nitrogen and oxygen atoms in total. The van der Waals surface area contributed by atoms with Gasteiger partial charge in [-0.25, -0.2) is 0 Å². The maximum absolute atomic E-state index is 9.37. The van der Waals surface area contributed by atoms with E-state index in [1.807, 2.05) is 6.92 Å². The van der Waals surface area contributed by atoms with E-state index in [4.69, 9.17) is 20.5 Å². The molecular weight excluding hydrogens is 268 g/mol. The zero-order chi connectivity index (χ0) is 13.4. The van der Waals surface area contributed by atoms with Crippen molar-refractivity contribution in [2.45, 2.75) is 6.92 Å². The second kappa shape index (κ2) is 4.44. The molecule has 0 saturated heterocycles. The molecule has 3 aromatic rings. The Morgan fingerprint density at radius 1 is 1.26 bits per heavy atom. The van der Waals surface area contributed by atoms with Gasteiger partial charge in [-0.2, -0.15) is 4.98 Å². The molecule has 3 rings (SSSR count). The summed E-state index contributed by atoms with van der Waals surface area (Å²) in [5.74, 6) is 1.51. The van der Waals surface area contributed by atoms with Crippen LogP contribution in [0.1, 0.15) is 5.76 Å². The molecule has 0 spiro atoms. The predicted octanol–water partition coefficient (Wildman–Crippen LogP) is 3.66. The summed E-state index contributed by atoms with van der Waals surface area (Å²) in [5, 5.41) is 13.5. The van der Waals surface area contributed by atoms with E-state index >= 15 is 0 Å². The number of rotatable bonds is 2. The zero-order valence-electron chi connectivity index (χ0n) is 9.92. The second-order valence-electron chi connectivity index (χ2n) is 3.98. The van der Waals surface area contributed by atoms with Crippen molar-refractivity contribution < 1.29 is 14.0 Å². The minimum absolute atomic E-state index is 0.0100. The Hall–Kier alpha value is -2.27. The lowest BCUT2D eigenvalue weighted by Crippen LogP contribution is -1.81. The van der Waals surface area contributed by atoms with Gasteiger partial charge >= 0.3 is 0 Å². The lowest BCUT2D eigenvalue weighted by molar-refractivity contribution is 0.432. The van der Waals surface area contributed by atoms with Gasteiger partial charge in [0, 0.05) is 5.56 Å². The third kappa shape index (κ3) is 2.08. The van der Waals surface area contributed by atoms with Crippen molar-refractivity contribution >= 4 is 11.6 Å². The molecular formula is C13H9ClN2O3. The van der Waals surface area contributed by atoms with Crippen LogP contribution in [0.4, 0.5) is 0 Å². The van der Waals surface area contributed by atoms with Crippen molar-refractivity contribution in [2.24, 2.45) is 0 Å². The number of furan rings is 1. The Kier molecular flexibility index (Phi) is 2.76. The molecule has 0 aliphatic rings. The molecule has 19 heavy (non-hydrogen) atoms. The van der Waals surface area contributed by atoms with Crippen molar-refractivity contribution in [3.05, 3.63) is 41.3 Å². The normalized spacial score (nSPS) is 10.8. The van der Waals surface area contributed by atoms with Crippen molar-refractivity contribution in [2.75, 3.05) is 0 Å². The van der Waals surface area contributed by atoms with Gasteiger partial charge in [0.2, 0.25) is 5.82 Å². The molecule has 0 unspecified atom stereocenters. The number of phenols is 1. The van der Waals surface area contributed by atoms with Gasteiger partial charge in [0.05, 0.1) is 16.8 Å². The maximum atomic E-state index is 9.37. The van der Waals surface area contributed by atoms with E-state index in [0.717, 1.165) is 11.3 Å². The number of hydrogen-bond donors (Lipinski definition) is 1. The van der Waals surface area contributed by atoms with E-state index in [1.54, 1.807) is 24.5 Å². The topological polar surface area (TPSA) is 72.3 Å². The SMILES string of the molecule is Cc1occc1-c1noc(-c2ccc(O)c(Cl)c2)n1. The molecule has 0 fully saturated rings. The molecule has 0 atom stereocenters. The van der Waals surface area contributed by atoms with E-state index in [-0.39, 0.29) is 10.8 Å². The first-order valence-corrected chi connectivity index (χ1v) is 5.90. The van der Waals surface area contributed by atoms with Gasteiger partial charge in [0.15, 0.2) is 0 Å². The fraction of sp³-hybridized carbons (Fsp3) is 0.0769. The summed E-state index contributed by atoms with van der Waals surface area (Å²) in [7, 11) is 0. The fourth-order valence-electron chi connectivity index (χ4n) is 1.71. The summed E-state index contributed by atoms with van der Waals surface area (Å²) in [4.78, 5) is 4.28. The minimum atomic E-state index is 0.0100. The van der Waals surface area contributed by atoms with Gasteiger partial charge in [-0.3, -0.25) is 0 Å². The average molecular weight is 277 g/mol. The van der Waals surface area contributed by atoms with Crippen molar-refractivity contribution in [1.29, 1.82) is 0 Å². The van der Waals surface area contributed by atoms with Crippen LogP contribution in [-0.2, 0) is 0 Å². The highest BCUT2D eigenvalue weighted by atomic mass is 35.5. The molecule has 0 radical (unpaired) electrons. The van der Waals surface area contributed by atoms with Crippen LogP contribution in [0.3, 0.4) is 0 Å². The molecule has 2 heterocycles. The standard InChI is InChI=1S/C13H9ClN2O3/c1-7-9(4-5-18-7)12-15-13(19-16-12)8-2-3-11(17)10(14)6-8/h2-6,17H,1H3. The number of halogens is 1. The molecule has 0 aliphatic carbocycles. The number of aromatic hydroxyl groups is 1. The van der Waals surface area contributed by atoms with E-state index in [0.29, 0.717) is 17.3 Å². The van der Waals surface area contributed by atoms with Gasteiger partial charge in [-0.1, -0.05) is 16.8 Å². The average Bonchev–Trinajstić information content (AvgIpc) is 3.01. The lowest BCUT2D eigenvalue weighted by Gasteiger charge is -1.97. The molecule has 1 aromatic carbocycles. The van der Waals surface area contributed by atoms with Crippen LogP contribution in [0.5, 0.6) is 5.75 Å². The van der Waals surface area contributed by atoms with E-state index in [9.17, 15) is 5.11 Å². The number of hydrogen-bond acceptors (Lipinski definition) is 5. The van der Waals surface area contributed by atoms with Crippen LogP contribution in [0.2, 0.25) is 5.02 Å². The minimum Gasteiger partial charge on any atom is -0.506 e. The molecule has 0 amide bonds. The quantitative estimate of drug-likeness (QED) is 0.773. The first-order chi connectivity index (χ1) is 9.15. The van der Waals surface area contributed by atoms with Crippen molar-refractivity contribution in [3.63, 3.8) is 0 Å². The van der Waals surface area contributed by atoms with Crippen molar-refractivity contribution in [1.82, 2.24) is 10.1 Å². The summed E-state index contributed by atoms with van der Waals surface area (Å²) < 4.78 is 10.4. The molecule has 0 aliphatic heterocycles. The first-order valence-electron chi connectivity index (χ1n) is 5.52. The predicted molar refractivity (Wildman–Crippen MR) is 68.8 cm³/mol. The highest BCUT2D eigenvalue weighted by molar-refractivity contribution is 6.32. The molecule has 6 heteroatoms. The van der Waals surface area contributed by atoms with E-state index < -0.39 is 0 Å². The monoisotopic (exact) mass is 276 g/mol. The summed E-state index contributed by atoms with van der Waals surface area (Å²) in [5.41, 5.74) is 1.42. The van der Waals surface area contributed by atoms with Crippen LogP contribution in [0.25, 0.3) is 22.8 Å². The van der Waals surface area contributed by atoms with Crippen LogP contribution in [0, 0.1) is 6.92 Å². The molecule has 1 N–H and O–H groups in total. The van der Waals surface area contributed by atoms with E-state index in [1.165, 1.54) is 6.07 Å². The molecule has 2 aromatic heterocycles. The fourth-order valence-corrected chi connectivity index (χ4v) is 1.89. The molecule has 0 bridgehead atoms. The van der Waals surface area contributed by atoms with Gasteiger partial charge in [-0.15, -0.1) is 0 Å². The lowest BCUT2D eigenvalue weighted by atomic mass is 10.2. The summed E-state index contributed by atoms with van der Waals surface area (Å²) in [6.45, 7) is 1.82. The summed E-state index contributed by atoms with van der Waals surface area (Å²) in [6, 6.07) is 6.47. The van der Waals surface area contributed by atoms with Crippen molar-refractivity contribution in [3.8, 4) is 28.6 Å². The zero-order valence-corrected chi connectivity index (χ0v) is 10.7. The maximum Gasteiger partial charge on any atom is 0.258 e. The van der Waals surface area contributed by atoms with E-state index in [2.05, 4.69) is 10.1 Å². The van der Waals surface area contributed by atoms with Crippen LogP contribution in [-0.4, -0.2) is 15.2 Å². The van der Waals surface area contributed by atoms with Crippen LogP contribution in [0.15, 0.2) is 39.5 Å². The Bertz CT molecular complexity index is 733. The van der Waals surface area contributed by atoms with Crippen LogP contribution >= 0.6 is 11.6 Å². The number of benzene rings is 1. The summed E-state index contributed by atoms with van der Waals surface area (Å²) in [6.07, 6.45) is 1.57. The largest absolute Gasteiger partial charge is 0.506 e. The first kappa shape index (κ1) is 11.8. The summed E-state index contributed by atoms with van der Waals surface area (Å²) >= 11 is 5.84. The number of aryl methyl sites for hydroxylation is 1. The Morgan fingerprint density at radius 3 is 2.79 bits per heavy atom. The highest BCUT2D eigenvalue weighted by Gasteiger charge is 2.14. The molecule has 96 valence electrons. The Balaban J connectivity index is 2.01. The van der Waals surface area contributed by atoms with Gasteiger partial charge in [0.25, 0.3) is 5.89 Å². The number of aromatic nitrogens is 2. The number of phenolic OH excluding ortho intramolecular Hbond substituents is 1. The Labute approximate surface area is 113 Å². The molecule has 0 saturated carbocycles.